The Kier molecular flexibility index (Phi) is 6.69. The van der Waals surface area contributed by atoms with E-state index >= 15 is 0 Å². The van der Waals surface area contributed by atoms with E-state index < -0.39 is 0 Å². The van der Waals surface area contributed by atoms with Crippen LogP contribution in [0.2, 0.25) is 0 Å². The van der Waals surface area contributed by atoms with Crippen LogP contribution in [-0.4, -0.2) is 26.3 Å². The number of hydrogen-bond donors (Lipinski definition) is 1. The summed E-state index contributed by atoms with van der Waals surface area (Å²) in [5.41, 5.74) is 1.54. The van der Waals surface area contributed by atoms with Gasteiger partial charge in [-0.25, -0.2) is 0 Å². The third-order valence-electron chi connectivity index (χ3n) is 2.90. The quantitative estimate of drug-likeness (QED) is 0.539. The van der Waals surface area contributed by atoms with Crippen molar-refractivity contribution < 1.29 is 4.74 Å². The summed E-state index contributed by atoms with van der Waals surface area (Å²) < 4.78 is 5.49. The average Bonchev–Trinajstić information content (AvgIpc) is 2.29. The van der Waals surface area contributed by atoms with Gasteiger partial charge in [-0.1, -0.05) is 25.5 Å². The van der Waals surface area contributed by atoms with Crippen LogP contribution >= 0.6 is 0 Å². The first kappa shape index (κ1) is 12.7. The topological polar surface area (TPSA) is 21.3 Å². The van der Waals surface area contributed by atoms with Crippen LogP contribution in [0.3, 0.4) is 0 Å². The van der Waals surface area contributed by atoms with Crippen molar-refractivity contribution >= 4 is 0 Å². The highest BCUT2D eigenvalue weighted by molar-refractivity contribution is 5.06. The molecule has 0 aliphatic carbocycles. The maximum atomic E-state index is 5.49. The van der Waals surface area contributed by atoms with E-state index in [4.69, 9.17) is 4.74 Å². The summed E-state index contributed by atoms with van der Waals surface area (Å²) in [4.78, 5) is 0. The smallest absolute Gasteiger partial charge is 0.0528 e. The highest BCUT2D eigenvalue weighted by Crippen LogP contribution is 2.17. The molecule has 1 heterocycles. The molecule has 0 bridgehead atoms. The molecule has 1 aliphatic heterocycles. The Balaban J connectivity index is 2.30. The highest BCUT2D eigenvalue weighted by Gasteiger charge is 2.11. The molecule has 1 atom stereocenters. The molecule has 1 saturated heterocycles. The van der Waals surface area contributed by atoms with E-state index in [2.05, 4.69) is 25.2 Å². The molecule has 0 spiro atoms. The molecular weight excluding hydrogens is 186 g/mol. The molecule has 15 heavy (non-hydrogen) atoms. The molecule has 0 aromatic carbocycles. The Morgan fingerprint density at radius 2 is 2.33 bits per heavy atom. The summed E-state index contributed by atoms with van der Waals surface area (Å²) in [7, 11) is 0. The van der Waals surface area contributed by atoms with Gasteiger partial charge < -0.3 is 10.1 Å². The number of ether oxygens (including phenoxy) is 1. The fourth-order valence-electron chi connectivity index (χ4n) is 1.96. The Labute approximate surface area is 94.1 Å². The lowest BCUT2D eigenvalue weighted by molar-refractivity contribution is 0.0707. The molecule has 0 radical (unpaired) electrons. The van der Waals surface area contributed by atoms with Crippen molar-refractivity contribution in [3.63, 3.8) is 0 Å². The van der Waals surface area contributed by atoms with Crippen molar-refractivity contribution in [3.8, 4) is 0 Å². The Hall–Kier alpha value is -0.340. The van der Waals surface area contributed by atoms with Gasteiger partial charge in [0.15, 0.2) is 0 Å². The zero-order chi connectivity index (χ0) is 10.9. The second kappa shape index (κ2) is 7.89. The highest BCUT2D eigenvalue weighted by atomic mass is 16.5. The normalized spacial score (nSPS) is 23.1. The van der Waals surface area contributed by atoms with Crippen LogP contribution < -0.4 is 5.32 Å². The number of rotatable bonds is 6. The predicted molar refractivity (Wildman–Crippen MR) is 65.1 cm³/mol. The molecule has 1 fully saturated rings. The zero-order valence-corrected chi connectivity index (χ0v) is 10.2. The molecule has 1 aliphatic rings. The van der Waals surface area contributed by atoms with E-state index in [1.165, 1.54) is 19.3 Å². The monoisotopic (exact) mass is 211 g/mol. The predicted octanol–water partition coefficient (Wildman–Crippen LogP) is 2.75. The van der Waals surface area contributed by atoms with Crippen molar-refractivity contribution in [1.29, 1.82) is 0 Å². The first-order valence-corrected chi connectivity index (χ1v) is 6.34. The van der Waals surface area contributed by atoms with E-state index in [1.54, 1.807) is 5.57 Å². The van der Waals surface area contributed by atoms with Gasteiger partial charge in [0.2, 0.25) is 0 Å². The van der Waals surface area contributed by atoms with Crippen LogP contribution in [0.4, 0.5) is 0 Å². The van der Waals surface area contributed by atoms with Gasteiger partial charge in [0, 0.05) is 19.1 Å². The van der Waals surface area contributed by atoms with Gasteiger partial charge in [0.25, 0.3) is 0 Å². The minimum Gasteiger partial charge on any atom is -0.381 e. The molecule has 88 valence electrons. The van der Waals surface area contributed by atoms with E-state index in [9.17, 15) is 0 Å². The summed E-state index contributed by atoms with van der Waals surface area (Å²) in [6, 6.07) is 0. The maximum absolute atomic E-state index is 5.49. The molecule has 1 rings (SSSR count). The molecule has 0 aromatic heterocycles. The van der Waals surface area contributed by atoms with E-state index in [1.807, 2.05) is 0 Å². The molecule has 0 amide bonds. The second-order valence-electron chi connectivity index (χ2n) is 4.33. The average molecular weight is 211 g/mol. The lowest BCUT2D eigenvalue weighted by atomic mass is 9.98. The van der Waals surface area contributed by atoms with E-state index in [-0.39, 0.29) is 0 Å². The Morgan fingerprint density at radius 3 is 2.93 bits per heavy atom. The molecular formula is C13H25NO. The summed E-state index contributed by atoms with van der Waals surface area (Å²) in [6.07, 6.45) is 7.33. The molecule has 0 aromatic rings. The van der Waals surface area contributed by atoms with Crippen molar-refractivity contribution in [2.24, 2.45) is 5.92 Å². The van der Waals surface area contributed by atoms with Gasteiger partial charge in [0.1, 0.15) is 0 Å². The van der Waals surface area contributed by atoms with E-state index in [0.717, 1.165) is 32.7 Å². The fourth-order valence-corrected chi connectivity index (χ4v) is 1.96. The molecule has 2 nitrogen and oxygen atoms in total. The fraction of sp³-hybridized carbons (Fsp3) is 0.846. The SMILES string of the molecule is CCCNCC(=CC1CCCOC1)CC. The summed E-state index contributed by atoms with van der Waals surface area (Å²) in [5, 5.41) is 3.47. The zero-order valence-electron chi connectivity index (χ0n) is 10.2. The minimum absolute atomic E-state index is 0.664. The van der Waals surface area contributed by atoms with Crippen LogP contribution in [0.25, 0.3) is 0 Å². The summed E-state index contributed by atoms with van der Waals surface area (Å²) in [6.45, 7) is 8.51. The van der Waals surface area contributed by atoms with Gasteiger partial charge in [-0.15, -0.1) is 0 Å². The summed E-state index contributed by atoms with van der Waals surface area (Å²) >= 11 is 0. The lowest BCUT2D eigenvalue weighted by Crippen LogP contribution is -2.20. The third kappa shape index (κ3) is 5.33. The van der Waals surface area contributed by atoms with Crippen LogP contribution in [0.15, 0.2) is 11.6 Å². The number of hydrogen-bond acceptors (Lipinski definition) is 2. The first-order chi connectivity index (χ1) is 7.36. The van der Waals surface area contributed by atoms with E-state index in [0.29, 0.717) is 5.92 Å². The Morgan fingerprint density at radius 1 is 1.47 bits per heavy atom. The third-order valence-corrected chi connectivity index (χ3v) is 2.90. The van der Waals surface area contributed by atoms with Gasteiger partial charge in [0.05, 0.1) is 6.61 Å². The van der Waals surface area contributed by atoms with Crippen molar-refractivity contribution in [1.82, 2.24) is 5.32 Å². The first-order valence-electron chi connectivity index (χ1n) is 6.34. The summed E-state index contributed by atoms with van der Waals surface area (Å²) in [5.74, 6) is 0.664. The molecule has 0 saturated carbocycles. The molecule has 1 unspecified atom stereocenters. The Bertz CT molecular complexity index is 183. The molecule has 2 heteroatoms. The van der Waals surface area contributed by atoms with Gasteiger partial charge >= 0.3 is 0 Å². The van der Waals surface area contributed by atoms with Crippen LogP contribution in [0.1, 0.15) is 39.5 Å². The number of nitrogens with one attached hydrogen (secondary N) is 1. The van der Waals surface area contributed by atoms with Crippen LogP contribution in [0, 0.1) is 5.92 Å². The standard InChI is InChI=1S/C13H25NO/c1-3-7-14-10-12(4-2)9-13-6-5-8-15-11-13/h9,13-14H,3-8,10-11H2,1-2H3. The van der Waals surface area contributed by atoms with Crippen molar-refractivity contribution in [3.05, 3.63) is 11.6 Å². The van der Waals surface area contributed by atoms with Crippen molar-refractivity contribution in [2.45, 2.75) is 39.5 Å². The van der Waals surface area contributed by atoms with Gasteiger partial charge in [-0.2, -0.15) is 0 Å². The van der Waals surface area contributed by atoms with Gasteiger partial charge in [-0.05, 0) is 32.2 Å². The maximum Gasteiger partial charge on any atom is 0.0528 e. The van der Waals surface area contributed by atoms with Crippen LogP contribution in [-0.2, 0) is 4.74 Å². The second-order valence-corrected chi connectivity index (χ2v) is 4.33. The van der Waals surface area contributed by atoms with Crippen LogP contribution in [0.5, 0.6) is 0 Å². The molecule has 1 N–H and O–H groups in total. The van der Waals surface area contributed by atoms with Crippen molar-refractivity contribution in [2.75, 3.05) is 26.3 Å². The lowest BCUT2D eigenvalue weighted by Gasteiger charge is -2.20. The largest absolute Gasteiger partial charge is 0.381 e. The minimum atomic E-state index is 0.664. The van der Waals surface area contributed by atoms with Gasteiger partial charge in [-0.3, -0.25) is 0 Å².